The van der Waals surface area contributed by atoms with Gasteiger partial charge >= 0.3 is 5.97 Å². The van der Waals surface area contributed by atoms with Gasteiger partial charge in [0.15, 0.2) is 0 Å². The molecular weight excluding hydrogens is 258 g/mol. The number of methoxy groups -OCH3 is 1. The van der Waals surface area contributed by atoms with E-state index in [1.54, 1.807) is 6.07 Å². The minimum absolute atomic E-state index is 0.303. The zero-order valence-electron chi connectivity index (χ0n) is 9.08. The van der Waals surface area contributed by atoms with E-state index in [0.717, 1.165) is 16.6 Å². The Kier molecular flexibility index (Phi) is 4.29. The van der Waals surface area contributed by atoms with Gasteiger partial charge in [0.1, 0.15) is 0 Å². The average Bonchev–Trinajstić information content (AvgIpc) is 2.19. The SMILES string of the molecule is COC(=O)c1ccc(Br)c(CN(C)C)c1. The molecule has 15 heavy (non-hydrogen) atoms. The van der Waals surface area contributed by atoms with Gasteiger partial charge < -0.3 is 9.64 Å². The lowest BCUT2D eigenvalue weighted by atomic mass is 10.1. The molecule has 1 aromatic carbocycles. The molecule has 0 aromatic heterocycles. The van der Waals surface area contributed by atoms with Crippen molar-refractivity contribution in [3.05, 3.63) is 33.8 Å². The molecule has 0 radical (unpaired) electrons. The number of rotatable bonds is 3. The Labute approximate surface area is 98.2 Å². The minimum atomic E-state index is -0.303. The van der Waals surface area contributed by atoms with Crippen LogP contribution in [-0.2, 0) is 11.3 Å². The molecule has 0 aliphatic carbocycles. The maximum Gasteiger partial charge on any atom is 0.337 e. The number of nitrogens with zero attached hydrogens (tertiary/aromatic N) is 1. The largest absolute Gasteiger partial charge is 0.465 e. The summed E-state index contributed by atoms with van der Waals surface area (Å²) in [5.41, 5.74) is 1.65. The number of carbonyl (C=O) groups excluding carboxylic acids is 1. The fourth-order valence-corrected chi connectivity index (χ4v) is 1.65. The molecule has 1 aromatic rings. The quantitative estimate of drug-likeness (QED) is 0.791. The molecular formula is C11H14BrNO2. The lowest BCUT2D eigenvalue weighted by Crippen LogP contribution is -2.12. The zero-order chi connectivity index (χ0) is 11.4. The first kappa shape index (κ1) is 12.2. The van der Waals surface area contributed by atoms with E-state index < -0.39 is 0 Å². The number of esters is 1. The Morgan fingerprint density at radius 2 is 2.13 bits per heavy atom. The lowest BCUT2D eigenvalue weighted by Gasteiger charge is -2.12. The van der Waals surface area contributed by atoms with Crippen molar-refractivity contribution < 1.29 is 9.53 Å². The van der Waals surface area contributed by atoms with Gasteiger partial charge in [-0.2, -0.15) is 0 Å². The Hall–Kier alpha value is -0.870. The molecule has 0 aliphatic heterocycles. The number of halogens is 1. The van der Waals surface area contributed by atoms with Crippen molar-refractivity contribution in [2.24, 2.45) is 0 Å². The summed E-state index contributed by atoms with van der Waals surface area (Å²) in [6.45, 7) is 0.783. The highest BCUT2D eigenvalue weighted by atomic mass is 79.9. The molecule has 0 fully saturated rings. The maximum atomic E-state index is 11.3. The average molecular weight is 272 g/mol. The van der Waals surface area contributed by atoms with Crippen molar-refractivity contribution >= 4 is 21.9 Å². The minimum Gasteiger partial charge on any atom is -0.465 e. The van der Waals surface area contributed by atoms with Crippen LogP contribution in [0.15, 0.2) is 22.7 Å². The van der Waals surface area contributed by atoms with E-state index in [9.17, 15) is 4.79 Å². The highest BCUT2D eigenvalue weighted by Crippen LogP contribution is 2.19. The molecule has 0 atom stereocenters. The van der Waals surface area contributed by atoms with Gasteiger partial charge in [-0.25, -0.2) is 4.79 Å². The van der Waals surface area contributed by atoms with E-state index >= 15 is 0 Å². The summed E-state index contributed by atoms with van der Waals surface area (Å²) in [6, 6.07) is 5.45. The van der Waals surface area contributed by atoms with Crippen LogP contribution in [0.4, 0.5) is 0 Å². The summed E-state index contributed by atoms with van der Waals surface area (Å²) < 4.78 is 5.67. The first-order chi connectivity index (χ1) is 7.04. The fourth-order valence-electron chi connectivity index (χ4n) is 1.28. The second-order valence-corrected chi connectivity index (χ2v) is 4.39. The predicted octanol–water partition coefficient (Wildman–Crippen LogP) is 2.30. The summed E-state index contributed by atoms with van der Waals surface area (Å²) in [5, 5.41) is 0. The van der Waals surface area contributed by atoms with Crippen molar-refractivity contribution in [3.8, 4) is 0 Å². The van der Waals surface area contributed by atoms with Crippen molar-refractivity contribution in [1.82, 2.24) is 4.90 Å². The van der Waals surface area contributed by atoms with Gasteiger partial charge in [-0.3, -0.25) is 0 Å². The number of benzene rings is 1. The maximum absolute atomic E-state index is 11.3. The molecule has 4 heteroatoms. The van der Waals surface area contributed by atoms with E-state index in [2.05, 4.69) is 20.7 Å². The molecule has 0 N–H and O–H groups in total. The van der Waals surface area contributed by atoms with E-state index in [1.807, 2.05) is 31.1 Å². The first-order valence-corrected chi connectivity index (χ1v) is 5.35. The summed E-state index contributed by atoms with van der Waals surface area (Å²) >= 11 is 3.45. The Balaban J connectivity index is 2.99. The summed E-state index contributed by atoms with van der Waals surface area (Å²) in [5.74, 6) is -0.303. The third kappa shape index (κ3) is 3.32. The van der Waals surface area contributed by atoms with Gasteiger partial charge in [-0.1, -0.05) is 15.9 Å². The lowest BCUT2D eigenvalue weighted by molar-refractivity contribution is 0.0600. The fraction of sp³-hybridized carbons (Fsp3) is 0.364. The van der Waals surface area contributed by atoms with Crippen molar-refractivity contribution in [2.75, 3.05) is 21.2 Å². The van der Waals surface area contributed by atoms with Gasteiger partial charge in [0.2, 0.25) is 0 Å². The van der Waals surface area contributed by atoms with E-state index in [1.165, 1.54) is 7.11 Å². The Morgan fingerprint density at radius 3 is 2.67 bits per heavy atom. The highest BCUT2D eigenvalue weighted by molar-refractivity contribution is 9.10. The summed E-state index contributed by atoms with van der Waals surface area (Å²) in [4.78, 5) is 13.4. The number of carbonyl (C=O) groups is 1. The normalized spacial score (nSPS) is 10.5. The van der Waals surface area contributed by atoms with Gasteiger partial charge in [-0.15, -0.1) is 0 Å². The third-order valence-corrected chi connectivity index (χ3v) is 2.73. The third-order valence-electron chi connectivity index (χ3n) is 1.95. The van der Waals surface area contributed by atoms with E-state index in [-0.39, 0.29) is 5.97 Å². The van der Waals surface area contributed by atoms with Crippen LogP contribution in [0.1, 0.15) is 15.9 Å². The molecule has 0 amide bonds. The van der Waals surface area contributed by atoms with Crippen LogP contribution in [0.5, 0.6) is 0 Å². The van der Waals surface area contributed by atoms with Gasteiger partial charge in [0.05, 0.1) is 12.7 Å². The van der Waals surface area contributed by atoms with Crippen LogP contribution in [0.2, 0.25) is 0 Å². The van der Waals surface area contributed by atoms with Crippen molar-refractivity contribution in [1.29, 1.82) is 0 Å². The second-order valence-electron chi connectivity index (χ2n) is 3.54. The molecule has 3 nitrogen and oxygen atoms in total. The number of ether oxygens (including phenoxy) is 1. The Morgan fingerprint density at radius 1 is 1.47 bits per heavy atom. The zero-order valence-corrected chi connectivity index (χ0v) is 10.7. The number of hydrogen-bond acceptors (Lipinski definition) is 3. The molecule has 0 heterocycles. The van der Waals surface area contributed by atoms with Crippen molar-refractivity contribution in [2.45, 2.75) is 6.54 Å². The molecule has 0 saturated heterocycles. The molecule has 1 rings (SSSR count). The van der Waals surface area contributed by atoms with Gasteiger partial charge in [0.25, 0.3) is 0 Å². The van der Waals surface area contributed by atoms with Gasteiger partial charge in [0, 0.05) is 11.0 Å². The molecule has 82 valence electrons. The number of hydrogen-bond donors (Lipinski definition) is 0. The van der Waals surface area contributed by atoms with Crippen LogP contribution in [-0.4, -0.2) is 32.1 Å². The summed E-state index contributed by atoms with van der Waals surface area (Å²) in [6.07, 6.45) is 0. The van der Waals surface area contributed by atoms with Crippen LogP contribution in [0, 0.1) is 0 Å². The predicted molar refractivity (Wildman–Crippen MR) is 62.9 cm³/mol. The van der Waals surface area contributed by atoms with Crippen molar-refractivity contribution in [3.63, 3.8) is 0 Å². The summed E-state index contributed by atoms with van der Waals surface area (Å²) in [7, 11) is 5.35. The Bertz CT molecular complexity index is 364. The molecule has 0 aliphatic rings. The first-order valence-electron chi connectivity index (χ1n) is 4.56. The topological polar surface area (TPSA) is 29.5 Å². The molecule has 0 bridgehead atoms. The van der Waals surface area contributed by atoms with Crippen LogP contribution in [0.25, 0.3) is 0 Å². The van der Waals surface area contributed by atoms with Crippen LogP contribution in [0.3, 0.4) is 0 Å². The standard InChI is InChI=1S/C11H14BrNO2/c1-13(2)7-9-6-8(11(14)15-3)4-5-10(9)12/h4-6H,7H2,1-3H3. The molecule has 0 spiro atoms. The molecule has 0 saturated carbocycles. The molecule has 0 unspecified atom stereocenters. The van der Waals surface area contributed by atoms with Crippen LogP contribution >= 0.6 is 15.9 Å². The monoisotopic (exact) mass is 271 g/mol. The highest BCUT2D eigenvalue weighted by Gasteiger charge is 2.08. The van der Waals surface area contributed by atoms with E-state index in [4.69, 9.17) is 0 Å². The second kappa shape index (κ2) is 5.28. The van der Waals surface area contributed by atoms with Gasteiger partial charge in [-0.05, 0) is 37.9 Å². The smallest absolute Gasteiger partial charge is 0.337 e. The van der Waals surface area contributed by atoms with Crippen LogP contribution < -0.4 is 0 Å². The van der Waals surface area contributed by atoms with E-state index in [0.29, 0.717) is 5.56 Å².